The molecule has 2 aromatic rings. The zero-order chi connectivity index (χ0) is 20.0. The van der Waals surface area contributed by atoms with Gasteiger partial charge in [0.25, 0.3) is 11.6 Å². The molecule has 0 radical (unpaired) electrons. The summed E-state index contributed by atoms with van der Waals surface area (Å²) in [6, 6.07) is 4.24. The fourth-order valence-electron chi connectivity index (χ4n) is 2.12. The number of rotatable bonds is 9. The minimum Gasteiger partial charge on any atom is -0.726 e. The van der Waals surface area contributed by atoms with Crippen LogP contribution in [0.1, 0.15) is 6.92 Å². The largest absolute Gasteiger partial charge is 0.726 e. The molecule has 0 unspecified atom stereocenters. The first-order valence-electron chi connectivity index (χ1n) is 7.60. The second-order valence-electron chi connectivity index (χ2n) is 5.18. The molecule has 152 valence electrons. The first kappa shape index (κ1) is 22.9. The van der Waals surface area contributed by atoms with Crippen molar-refractivity contribution in [2.45, 2.75) is 6.92 Å². The standard InChI is InChI=1S/C13H17N7O6S.CH3/c1-3-19(6-7-26-27(23,24)25)10-4-5-11(12(8-10)20(21)22)15-17-13-16-14-9-18(13)2;/h4-5,8-9H,3,6-7H2,1-2H3,(H,23,24,25);1H3/q;+1/p-1. The van der Waals surface area contributed by atoms with Crippen LogP contribution in [0.5, 0.6) is 0 Å². The third kappa shape index (κ3) is 6.26. The molecule has 13 nitrogen and oxygen atoms in total. The van der Waals surface area contributed by atoms with Gasteiger partial charge in [0.05, 0.1) is 11.5 Å². The van der Waals surface area contributed by atoms with Crippen LogP contribution in [0, 0.1) is 17.5 Å². The minimum atomic E-state index is -4.80. The maximum absolute atomic E-state index is 11.4. The molecule has 0 saturated carbocycles. The Bertz CT molecular complexity index is 943. The number of benzene rings is 1. The van der Waals surface area contributed by atoms with Crippen LogP contribution in [0.25, 0.3) is 0 Å². The van der Waals surface area contributed by atoms with Crippen LogP contribution in [0.15, 0.2) is 34.8 Å². The van der Waals surface area contributed by atoms with Crippen LogP contribution in [0.3, 0.4) is 0 Å². The highest BCUT2D eigenvalue weighted by molar-refractivity contribution is 7.80. The van der Waals surface area contributed by atoms with E-state index in [1.807, 2.05) is 0 Å². The number of hydrogen-bond donors (Lipinski definition) is 0. The number of nitrogens with zero attached hydrogens (tertiary/aromatic N) is 7. The van der Waals surface area contributed by atoms with Crippen molar-refractivity contribution in [3.8, 4) is 0 Å². The Kier molecular flexibility index (Phi) is 7.97. The summed E-state index contributed by atoms with van der Waals surface area (Å²) in [5.41, 5.74) is 0.157. The zero-order valence-corrected chi connectivity index (χ0v) is 16.2. The topological polar surface area (TPSA) is 168 Å². The van der Waals surface area contributed by atoms with Crippen LogP contribution >= 0.6 is 0 Å². The van der Waals surface area contributed by atoms with Gasteiger partial charge in [-0.3, -0.25) is 14.3 Å². The molecular formula is C14H19N7O6S. The SMILES string of the molecule is CCN(CCOS(=O)(=O)[O-])c1ccc(N=Nc2nncn2C)c([N+](=O)[O-])c1.[CH3+]. The molecular weight excluding hydrogens is 394 g/mol. The van der Waals surface area contributed by atoms with Gasteiger partial charge >= 0.3 is 0 Å². The first-order valence-corrected chi connectivity index (χ1v) is 8.94. The molecule has 0 saturated heterocycles. The lowest BCUT2D eigenvalue weighted by Gasteiger charge is -2.23. The van der Waals surface area contributed by atoms with E-state index in [9.17, 15) is 23.1 Å². The average Bonchev–Trinajstić information content (AvgIpc) is 3.01. The zero-order valence-electron chi connectivity index (χ0n) is 15.4. The second kappa shape index (κ2) is 9.72. The highest BCUT2D eigenvalue weighted by Gasteiger charge is 2.17. The highest BCUT2D eigenvalue weighted by atomic mass is 32.3. The second-order valence-corrected chi connectivity index (χ2v) is 6.23. The summed E-state index contributed by atoms with van der Waals surface area (Å²) in [5, 5.41) is 26.4. The Balaban J connectivity index is 0.00000392. The quantitative estimate of drug-likeness (QED) is 0.149. The molecule has 14 heteroatoms. The molecule has 1 aromatic heterocycles. The smallest absolute Gasteiger partial charge is 0.298 e. The van der Waals surface area contributed by atoms with Crippen LogP contribution in [0.2, 0.25) is 0 Å². The molecule has 1 aromatic carbocycles. The monoisotopic (exact) mass is 413 g/mol. The number of azo groups is 1. The van der Waals surface area contributed by atoms with Gasteiger partial charge in [-0.2, -0.15) is 0 Å². The molecule has 0 amide bonds. The fraction of sp³-hybridized carbons (Fsp3) is 0.357. The predicted octanol–water partition coefficient (Wildman–Crippen LogP) is 1.89. The van der Waals surface area contributed by atoms with Gasteiger partial charge in [0, 0.05) is 39.3 Å². The Labute approximate surface area is 161 Å². The minimum absolute atomic E-state index is 0. The molecule has 0 atom stereocenters. The number of aromatic nitrogens is 3. The van der Waals surface area contributed by atoms with Gasteiger partial charge in [-0.05, 0) is 19.1 Å². The number of likely N-dealkylation sites (N-methyl/N-ethyl adjacent to an activating group) is 1. The molecule has 0 bridgehead atoms. The fourth-order valence-corrected chi connectivity index (χ4v) is 2.40. The van der Waals surface area contributed by atoms with E-state index in [0.717, 1.165) is 0 Å². The summed E-state index contributed by atoms with van der Waals surface area (Å²) < 4.78 is 37.2. The van der Waals surface area contributed by atoms with Gasteiger partial charge in [-0.15, -0.1) is 20.4 Å². The maximum Gasteiger partial charge on any atom is 0.298 e. The molecule has 0 aliphatic rings. The van der Waals surface area contributed by atoms with E-state index in [1.165, 1.54) is 23.0 Å². The lowest BCUT2D eigenvalue weighted by atomic mass is 10.2. The number of nitro groups is 1. The molecule has 2 rings (SSSR count). The Morgan fingerprint density at radius 1 is 1.36 bits per heavy atom. The van der Waals surface area contributed by atoms with Gasteiger partial charge in [-0.25, -0.2) is 8.42 Å². The molecule has 0 aliphatic heterocycles. The lowest BCUT2D eigenvalue weighted by Crippen LogP contribution is -2.28. The number of hydrogen-bond acceptors (Lipinski definition) is 11. The molecule has 0 fully saturated rings. The first-order chi connectivity index (χ1) is 12.7. The summed E-state index contributed by atoms with van der Waals surface area (Å²) >= 11 is 0. The Morgan fingerprint density at radius 2 is 2.07 bits per heavy atom. The van der Waals surface area contributed by atoms with E-state index in [4.69, 9.17) is 0 Å². The highest BCUT2D eigenvalue weighted by Crippen LogP contribution is 2.32. The van der Waals surface area contributed by atoms with E-state index < -0.39 is 15.3 Å². The van der Waals surface area contributed by atoms with Gasteiger partial charge in [-0.1, -0.05) is 0 Å². The van der Waals surface area contributed by atoms with Crippen LogP contribution in [0.4, 0.5) is 23.0 Å². The van der Waals surface area contributed by atoms with Crippen molar-refractivity contribution in [3.05, 3.63) is 42.1 Å². The number of aryl methyl sites for hydroxylation is 1. The van der Waals surface area contributed by atoms with E-state index in [2.05, 4.69) is 24.6 Å². The van der Waals surface area contributed by atoms with Crippen molar-refractivity contribution in [2.75, 3.05) is 24.6 Å². The number of nitro benzene ring substituents is 1. The van der Waals surface area contributed by atoms with Crippen LogP contribution in [-0.2, 0) is 21.6 Å². The normalized spacial score (nSPS) is 11.4. The van der Waals surface area contributed by atoms with Crippen molar-refractivity contribution in [2.24, 2.45) is 17.3 Å². The van der Waals surface area contributed by atoms with Crippen molar-refractivity contribution < 1.29 is 22.1 Å². The molecule has 1 heterocycles. The summed E-state index contributed by atoms with van der Waals surface area (Å²) in [6.07, 6.45) is 1.41. The van der Waals surface area contributed by atoms with E-state index in [1.54, 1.807) is 24.9 Å². The van der Waals surface area contributed by atoms with Crippen LogP contribution < -0.4 is 4.90 Å². The van der Waals surface area contributed by atoms with Gasteiger partial charge in [0.15, 0.2) is 5.69 Å². The molecule has 28 heavy (non-hydrogen) atoms. The third-order valence-electron chi connectivity index (χ3n) is 3.43. The van der Waals surface area contributed by atoms with E-state index in [-0.39, 0.29) is 37.9 Å². The number of anilines is 1. The van der Waals surface area contributed by atoms with E-state index >= 15 is 0 Å². The van der Waals surface area contributed by atoms with Crippen LogP contribution in [-0.4, -0.2) is 52.4 Å². The Hall–Kier alpha value is -3.10. The Morgan fingerprint density at radius 3 is 2.61 bits per heavy atom. The summed E-state index contributed by atoms with van der Waals surface area (Å²) in [6.45, 7) is 1.84. The van der Waals surface area contributed by atoms with Gasteiger partial charge in [0.1, 0.15) is 6.33 Å². The molecule has 0 N–H and O–H groups in total. The van der Waals surface area contributed by atoms with Gasteiger partial charge in [0.2, 0.25) is 10.4 Å². The van der Waals surface area contributed by atoms with Crippen molar-refractivity contribution in [1.82, 2.24) is 14.8 Å². The molecule has 0 spiro atoms. The molecule has 0 aliphatic carbocycles. The van der Waals surface area contributed by atoms with Crippen molar-refractivity contribution in [1.29, 1.82) is 0 Å². The predicted molar refractivity (Wildman–Crippen MR) is 98.2 cm³/mol. The maximum atomic E-state index is 11.4. The van der Waals surface area contributed by atoms with Crippen molar-refractivity contribution in [3.63, 3.8) is 0 Å². The average molecular weight is 413 g/mol. The van der Waals surface area contributed by atoms with Gasteiger partial charge < -0.3 is 14.0 Å². The van der Waals surface area contributed by atoms with Crippen molar-refractivity contribution >= 4 is 33.4 Å². The van der Waals surface area contributed by atoms with E-state index in [0.29, 0.717) is 12.2 Å². The third-order valence-corrected chi connectivity index (χ3v) is 3.88. The lowest BCUT2D eigenvalue weighted by molar-refractivity contribution is -0.384. The summed E-state index contributed by atoms with van der Waals surface area (Å²) in [5.74, 6) is 0.180. The summed E-state index contributed by atoms with van der Waals surface area (Å²) in [4.78, 5) is 12.4. The summed E-state index contributed by atoms with van der Waals surface area (Å²) in [7, 11) is -3.15.